The molecule has 0 aromatic carbocycles. The van der Waals surface area contributed by atoms with Crippen molar-refractivity contribution in [3.8, 4) is 0 Å². The largest absolute Gasteiger partial charge is 0.315 e. The second-order valence-corrected chi connectivity index (χ2v) is 7.62. The van der Waals surface area contributed by atoms with Crippen LogP contribution < -0.4 is 5.32 Å². The van der Waals surface area contributed by atoms with Gasteiger partial charge in [0.25, 0.3) is 0 Å². The predicted molar refractivity (Wildman–Crippen MR) is 79.6 cm³/mol. The number of fused-ring (bicyclic) bond motifs is 2. The van der Waals surface area contributed by atoms with Crippen molar-refractivity contribution in [1.82, 2.24) is 15.5 Å². The third kappa shape index (κ3) is 3.16. The van der Waals surface area contributed by atoms with E-state index in [1.807, 2.05) is 11.3 Å². The molecule has 0 spiro atoms. The fourth-order valence-corrected chi connectivity index (χ4v) is 4.79. The smallest absolute Gasteiger partial charge is 0.120 e. The number of aromatic nitrogens is 2. The standard InChI is InChI=1S/C15H25N3S/c1-10(2)16-7-3-4-14-17-18-15(19-14)13-9-11-5-6-12(13)8-11/h10-13,16H,3-9H2,1-2H3. The molecule has 1 aromatic rings. The highest BCUT2D eigenvalue weighted by atomic mass is 32.1. The summed E-state index contributed by atoms with van der Waals surface area (Å²) in [4.78, 5) is 0. The Hall–Kier alpha value is -0.480. The zero-order valence-electron chi connectivity index (χ0n) is 12.1. The van der Waals surface area contributed by atoms with Crippen LogP contribution in [0.4, 0.5) is 0 Å². The molecule has 0 aliphatic heterocycles. The highest BCUT2D eigenvalue weighted by molar-refractivity contribution is 7.11. The summed E-state index contributed by atoms with van der Waals surface area (Å²) in [6.07, 6.45) is 7.99. The minimum absolute atomic E-state index is 0.582. The summed E-state index contributed by atoms with van der Waals surface area (Å²) < 4.78 is 0. The van der Waals surface area contributed by atoms with E-state index in [1.165, 1.54) is 42.1 Å². The van der Waals surface area contributed by atoms with Crippen molar-refractivity contribution < 1.29 is 0 Å². The first-order valence-corrected chi connectivity index (χ1v) is 8.59. The van der Waals surface area contributed by atoms with E-state index in [4.69, 9.17) is 0 Å². The summed E-state index contributed by atoms with van der Waals surface area (Å²) in [5, 5.41) is 14.9. The number of aryl methyl sites for hydroxylation is 1. The summed E-state index contributed by atoms with van der Waals surface area (Å²) in [7, 11) is 0. The molecule has 1 heterocycles. The Morgan fingerprint density at radius 1 is 1.26 bits per heavy atom. The lowest BCUT2D eigenvalue weighted by Gasteiger charge is -2.18. The van der Waals surface area contributed by atoms with Crippen LogP contribution in [0.15, 0.2) is 0 Å². The molecule has 3 atom stereocenters. The van der Waals surface area contributed by atoms with Crippen LogP contribution in [-0.2, 0) is 6.42 Å². The van der Waals surface area contributed by atoms with Gasteiger partial charge in [-0.15, -0.1) is 21.5 Å². The minimum Gasteiger partial charge on any atom is -0.315 e. The molecule has 4 heteroatoms. The molecule has 2 saturated carbocycles. The van der Waals surface area contributed by atoms with Crippen molar-refractivity contribution >= 4 is 11.3 Å². The first kappa shape index (κ1) is 13.5. The van der Waals surface area contributed by atoms with Crippen LogP contribution in [0.5, 0.6) is 0 Å². The van der Waals surface area contributed by atoms with Crippen LogP contribution in [-0.4, -0.2) is 22.8 Å². The molecule has 2 bridgehead atoms. The summed E-state index contributed by atoms with van der Waals surface area (Å²) in [6, 6.07) is 0.582. The second kappa shape index (κ2) is 5.88. The molecule has 2 aliphatic rings. The van der Waals surface area contributed by atoms with Crippen LogP contribution in [0, 0.1) is 11.8 Å². The summed E-state index contributed by atoms with van der Waals surface area (Å²) in [5.41, 5.74) is 0. The van der Waals surface area contributed by atoms with E-state index in [0.717, 1.165) is 30.7 Å². The summed E-state index contributed by atoms with van der Waals surface area (Å²) in [6.45, 7) is 5.47. The SMILES string of the molecule is CC(C)NCCCc1nnc(C2CC3CCC2C3)s1. The number of hydrogen-bond donors (Lipinski definition) is 1. The van der Waals surface area contributed by atoms with Crippen molar-refractivity contribution in [2.24, 2.45) is 11.8 Å². The molecule has 0 radical (unpaired) electrons. The van der Waals surface area contributed by atoms with Gasteiger partial charge in [0.15, 0.2) is 0 Å². The van der Waals surface area contributed by atoms with Crippen LogP contribution in [0.2, 0.25) is 0 Å². The highest BCUT2D eigenvalue weighted by Crippen LogP contribution is 2.53. The van der Waals surface area contributed by atoms with Gasteiger partial charge in [0.1, 0.15) is 10.0 Å². The van der Waals surface area contributed by atoms with Crippen molar-refractivity contribution in [3.05, 3.63) is 10.0 Å². The highest BCUT2D eigenvalue weighted by Gasteiger charge is 2.41. The van der Waals surface area contributed by atoms with Gasteiger partial charge in [0.2, 0.25) is 0 Å². The van der Waals surface area contributed by atoms with Gasteiger partial charge in [0, 0.05) is 18.4 Å². The van der Waals surface area contributed by atoms with Gasteiger partial charge in [-0.2, -0.15) is 0 Å². The number of nitrogens with one attached hydrogen (secondary N) is 1. The molecular formula is C15H25N3S. The molecule has 2 fully saturated rings. The number of rotatable bonds is 6. The molecule has 0 saturated heterocycles. The minimum atomic E-state index is 0.582. The van der Waals surface area contributed by atoms with Crippen LogP contribution >= 0.6 is 11.3 Å². The Morgan fingerprint density at radius 2 is 2.16 bits per heavy atom. The average Bonchev–Trinajstić information content (AvgIpc) is 3.09. The van der Waals surface area contributed by atoms with Crippen molar-refractivity contribution in [1.29, 1.82) is 0 Å². The molecule has 2 aliphatic carbocycles. The maximum atomic E-state index is 4.48. The fourth-order valence-electron chi connectivity index (χ4n) is 3.69. The Balaban J connectivity index is 1.49. The lowest BCUT2D eigenvalue weighted by molar-refractivity contribution is 0.417. The van der Waals surface area contributed by atoms with Crippen LogP contribution in [0.25, 0.3) is 0 Å². The maximum absolute atomic E-state index is 4.48. The zero-order valence-corrected chi connectivity index (χ0v) is 12.9. The predicted octanol–water partition coefficient (Wildman–Crippen LogP) is 3.37. The van der Waals surface area contributed by atoms with Crippen molar-refractivity contribution in [2.75, 3.05) is 6.54 Å². The van der Waals surface area contributed by atoms with Gasteiger partial charge in [0.05, 0.1) is 0 Å². The van der Waals surface area contributed by atoms with Crippen LogP contribution in [0.3, 0.4) is 0 Å². The molecule has 1 aromatic heterocycles. The van der Waals surface area contributed by atoms with E-state index in [-0.39, 0.29) is 0 Å². The Labute approximate surface area is 120 Å². The van der Waals surface area contributed by atoms with Gasteiger partial charge in [-0.3, -0.25) is 0 Å². The Kier molecular flexibility index (Phi) is 4.18. The molecule has 3 nitrogen and oxygen atoms in total. The van der Waals surface area contributed by atoms with Gasteiger partial charge >= 0.3 is 0 Å². The van der Waals surface area contributed by atoms with E-state index in [9.17, 15) is 0 Å². The normalized spacial score (nSPS) is 29.5. The van der Waals surface area contributed by atoms with E-state index in [0.29, 0.717) is 6.04 Å². The van der Waals surface area contributed by atoms with Crippen LogP contribution in [0.1, 0.15) is 61.9 Å². The van der Waals surface area contributed by atoms with Gasteiger partial charge in [-0.1, -0.05) is 20.3 Å². The molecule has 19 heavy (non-hydrogen) atoms. The first-order chi connectivity index (χ1) is 9.22. The monoisotopic (exact) mass is 279 g/mol. The molecule has 3 unspecified atom stereocenters. The topological polar surface area (TPSA) is 37.8 Å². The molecule has 106 valence electrons. The lowest BCUT2D eigenvalue weighted by atomic mass is 9.89. The quantitative estimate of drug-likeness (QED) is 0.811. The average molecular weight is 279 g/mol. The zero-order chi connectivity index (χ0) is 13.2. The molecule has 3 rings (SSSR count). The third-order valence-corrected chi connectivity index (χ3v) is 5.77. The Bertz CT molecular complexity index is 415. The van der Waals surface area contributed by atoms with Gasteiger partial charge < -0.3 is 5.32 Å². The first-order valence-electron chi connectivity index (χ1n) is 7.78. The second-order valence-electron chi connectivity index (χ2n) is 6.53. The van der Waals surface area contributed by atoms with Crippen molar-refractivity contribution in [2.45, 2.75) is 64.3 Å². The Morgan fingerprint density at radius 3 is 2.84 bits per heavy atom. The van der Waals surface area contributed by atoms with E-state index < -0.39 is 0 Å². The number of nitrogens with zero attached hydrogens (tertiary/aromatic N) is 2. The van der Waals surface area contributed by atoms with Crippen molar-refractivity contribution in [3.63, 3.8) is 0 Å². The molecule has 1 N–H and O–H groups in total. The molecule has 0 amide bonds. The van der Waals surface area contributed by atoms with E-state index in [1.54, 1.807) is 0 Å². The molecular weight excluding hydrogens is 254 g/mol. The summed E-state index contributed by atoms with van der Waals surface area (Å²) in [5.74, 6) is 2.67. The van der Waals surface area contributed by atoms with Gasteiger partial charge in [-0.05, 0) is 44.1 Å². The summed E-state index contributed by atoms with van der Waals surface area (Å²) >= 11 is 1.88. The lowest BCUT2D eigenvalue weighted by Crippen LogP contribution is -2.23. The fraction of sp³-hybridized carbons (Fsp3) is 0.867. The third-order valence-electron chi connectivity index (χ3n) is 4.66. The number of hydrogen-bond acceptors (Lipinski definition) is 4. The van der Waals surface area contributed by atoms with Gasteiger partial charge in [-0.25, -0.2) is 0 Å². The van der Waals surface area contributed by atoms with E-state index >= 15 is 0 Å². The van der Waals surface area contributed by atoms with E-state index in [2.05, 4.69) is 29.4 Å². The maximum Gasteiger partial charge on any atom is 0.120 e.